The zero-order valence-corrected chi connectivity index (χ0v) is 17.2. The molecule has 4 nitrogen and oxygen atoms in total. The molecular weight excluding hydrogens is 380 g/mol. The number of ether oxygens (including phenoxy) is 1. The van der Waals surface area contributed by atoms with Crippen molar-refractivity contribution in [3.05, 3.63) is 40.6 Å². The molecule has 0 spiro atoms. The molecule has 2 saturated heterocycles. The van der Waals surface area contributed by atoms with Gasteiger partial charge in [0.15, 0.2) is 0 Å². The summed E-state index contributed by atoms with van der Waals surface area (Å²) in [5, 5.41) is 8.90. The summed E-state index contributed by atoms with van der Waals surface area (Å²) in [6.45, 7) is 0.623. The molecule has 1 amide bonds. The van der Waals surface area contributed by atoms with Crippen molar-refractivity contribution in [1.82, 2.24) is 10.6 Å². The van der Waals surface area contributed by atoms with Gasteiger partial charge in [-0.15, -0.1) is 23.7 Å². The number of methoxy groups -OCH3 is 1. The smallest absolute Gasteiger partial charge is 0.220 e. The van der Waals surface area contributed by atoms with Crippen LogP contribution in [0.25, 0.3) is 11.1 Å². The van der Waals surface area contributed by atoms with E-state index in [4.69, 9.17) is 4.74 Å². The van der Waals surface area contributed by atoms with E-state index < -0.39 is 0 Å². The van der Waals surface area contributed by atoms with Crippen LogP contribution in [0.2, 0.25) is 0 Å². The fraction of sp³-hybridized carbons (Fsp3) is 0.476. The second-order valence-corrected chi connectivity index (χ2v) is 8.48. The topological polar surface area (TPSA) is 50.4 Å². The lowest BCUT2D eigenvalue weighted by Crippen LogP contribution is -2.39. The van der Waals surface area contributed by atoms with E-state index in [1.165, 1.54) is 28.8 Å². The summed E-state index contributed by atoms with van der Waals surface area (Å²) >= 11 is 1.70. The summed E-state index contributed by atoms with van der Waals surface area (Å²) in [6.07, 6.45) is 5.55. The Morgan fingerprint density at radius 3 is 2.56 bits per heavy atom. The maximum absolute atomic E-state index is 12.3. The van der Waals surface area contributed by atoms with Crippen molar-refractivity contribution in [2.75, 3.05) is 7.11 Å². The monoisotopic (exact) mass is 406 g/mol. The van der Waals surface area contributed by atoms with Crippen molar-refractivity contribution in [3.8, 4) is 16.9 Å². The highest BCUT2D eigenvalue weighted by molar-refractivity contribution is 7.10. The Morgan fingerprint density at radius 1 is 1.19 bits per heavy atom. The second-order valence-electron chi connectivity index (χ2n) is 7.49. The average molecular weight is 407 g/mol. The maximum atomic E-state index is 12.3. The van der Waals surface area contributed by atoms with Crippen molar-refractivity contribution in [3.63, 3.8) is 0 Å². The van der Waals surface area contributed by atoms with E-state index in [-0.39, 0.29) is 18.3 Å². The Hall–Kier alpha value is -1.56. The number of thiophene rings is 1. The molecule has 6 heteroatoms. The summed E-state index contributed by atoms with van der Waals surface area (Å²) in [6, 6.07) is 11.5. The number of halogens is 1. The normalized spacial score (nSPS) is 23.5. The van der Waals surface area contributed by atoms with Crippen molar-refractivity contribution in [2.24, 2.45) is 5.92 Å². The van der Waals surface area contributed by atoms with Crippen molar-refractivity contribution in [2.45, 2.75) is 50.7 Å². The number of carbonyl (C=O) groups is 1. The average Bonchev–Trinajstić information content (AvgIpc) is 3.26. The van der Waals surface area contributed by atoms with Gasteiger partial charge in [0.1, 0.15) is 5.75 Å². The fourth-order valence-corrected chi connectivity index (χ4v) is 5.10. The number of rotatable bonds is 6. The minimum atomic E-state index is 0. The lowest BCUT2D eigenvalue weighted by molar-refractivity contribution is -0.122. The summed E-state index contributed by atoms with van der Waals surface area (Å²) < 4.78 is 5.21. The first-order valence-corrected chi connectivity index (χ1v) is 10.3. The number of benzene rings is 1. The van der Waals surface area contributed by atoms with Crippen molar-refractivity contribution < 1.29 is 9.53 Å². The number of piperidine rings is 1. The van der Waals surface area contributed by atoms with Gasteiger partial charge in [0.25, 0.3) is 0 Å². The summed E-state index contributed by atoms with van der Waals surface area (Å²) in [5.74, 6) is 1.60. The van der Waals surface area contributed by atoms with Gasteiger partial charge >= 0.3 is 0 Å². The number of nitrogens with one attached hydrogen (secondary N) is 2. The van der Waals surface area contributed by atoms with Crippen LogP contribution in [0.15, 0.2) is 35.7 Å². The zero-order chi connectivity index (χ0) is 17.9. The predicted molar refractivity (Wildman–Crippen MR) is 113 cm³/mol. The molecule has 0 saturated carbocycles. The molecule has 2 atom stereocenters. The van der Waals surface area contributed by atoms with Gasteiger partial charge in [0.05, 0.1) is 13.7 Å². The quantitative estimate of drug-likeness (QED) is 0.748. The van der Waals surface area contributed by atoms with Gasteiger partial charge in [0.2, 0.25) is 5.91 Å². The maximum Gasteiger partial charge on any atom is 0.220 e. The minimum absolute atomic E-state index is 0. The third kappa shape index (κ3) is 5.03. The number of hydrogen-bond donors (Lipinski definition) is 2. The molecule has 2 aliphatic rings. The summed E-state index contributed by atoms with van der Waals surface area (Å²) in [5.41, 5.74) is 2.36. The van der Waals surface area contributed by atoms with E-state index in [2.05, 4.69) is 34.2 Å². The van der Waals surface area contributed by atoms with Crippen LogP contribution in [0.1, 0.15) is 37.0 Å². The van der Waals surface area contributed by atoms with Crippen LogP contribution >= 0.6 is 23.7 Å². The van der Waals surface area contributed by atoms with Gasteiger partial charge in [-0.1, -0.05) is 12.1 Å². The van der Waals surface area contributed by atoms with E-state index in [0.29, 0.717) is 31.0 Å². The van der Waals surface area contributed by atoms with Crippen LogP contribution in [-0.2, 0) is 11.3 Å². The van der Waals surface area contributed by atoms with Crippen molar-refractivity contribution >= 4 is 29.7 Å². The van der Waals surface area contributed by atoms with Gasteiger partial charge in [-0.05, 0) is 66.3 Å². The molecule has 146 valence electrons. The van der Waals surface area contributed by atoms with E-state index in [1.54, 1.807) is 18.4 Å². The van der Waals surface area contributed by atoms with Crippen LogP contribution in [0.4, 0.5) is 0 Å². The molecule has 1 aromatic heterocycles. The highest BCUT2D eigenvalue weighted by Gasteiger charge is 2.34. The van der Waals surface area contributed by atoms with Gasteiger partial charge in [-0.25, -0.2) is 0 Å². The molecule has 0 aliphatic carbocycles. The van der Waals surface area contributed by atoms with E-state index in [9.17, 15) is 4.79 Å². The highest BCUT2D eigenvalue weighted by Crippen LogP contribution is 2.32. The lowest BCUT2D eigenvalue weighted by Gasteiger charge is -2.28. The van der Waals surface area contributed by atoms with Crippen LogP contribution in [0.3, 0.4) is 0 Å². The minimum Gasteiger partial charge on any atom is -0.497 e. The van der Waals surface area contributed by atoms with Crippen molar-refractivity contribution in [1.29, 1.82) is 0 Å². The predicted octanol–water partition coefficient (Wildman–Crippen LogP) is 4.38. The summed E-state index contributed by atoms with van der Waals surface area (Å²) in [7, 11) is 1.68. The highest BCUT2D eigenvalue weighted by atomic mass is 35.5. The molecule has 2 aromatic rings. The van der Waals surface area contributed by atoms with Crippen LogP contribution in [0.5, 0.6) is 5.75 Å². The Bertz CT molecular complexity index is 750. The Kier molecular flexibility index (Phi) is 6.79. The third-order valence-electron chi connectivity index (χ3n) is 5.58. The first-order valence-electron chi connectivity index (χ1n) is 9.44. The first-order chi connectivity index (χ1) is 12.7. The summed E-state index contributed by atoms with van der Waals surface area (Å²) in [4.78, 5) is 13.5. The number of carbonyl (C=O) groups excluding carboxylic acids is 1. The largest absolute Gasteiger partial charge is 0.497 e. The molecule has 2 fully saturated rings. The molecule has 2 N–H and O–H groups in total. The molecule has 2 bridgehead atoms. The Labute approximate surface area is 171 Å². The number of fused-ring (bicyclic) bond motifs is 2. The van der Waals surface area contributed by atoms with Crippen LogP contribution in [0, 0.1) is 5.92 Å². The zero-order valence-electron chi connectivity index (χ0n) is 15.6. The molecule has 1 aromatic carbocycles. The van der Waals surface area contributed by atoms with E-state index in [0.717, 1.165) is 18.6 Å². The van der Waals surface area contributed by atoms with Gasteiger partial charge in [-0.2, -0.15) is 0 Å². The van der Waals surface area contributed by atoms with Crippen LogP contribution in [-0.4, -0.2) is 25.1 Å². The fourth-order valence-electron chi connectivity index (χ4n) is 4.27. The number of hydrogen-bond acceptors (Lipinski definition) is 4. The molecular formula is C21H27ClN2O2S. The van der Waals surface area contributed by atoms with Crippen LogP contribution < -0.4 is 15.4 Å². The van der Waals surface area contributed by atoms with E-state index in [1.807, 2.05) is 12.1 Å². The third-order valence-corrected chi connectivity index (χ3v) is 6.52. The Morgan fingerprint density at radius 2 is 1.89 bits per heavy atom. The molecule has 2 aliphatic heterocycles. The Balaban J connectivity index is 0.00000210. The lowest BCUT2D eigenvalue weighted by atomic mass is 9.89. The molecule has 0 radical (unpaired) electrons. The molecule has 4 rings (SSSR count). The van der Waals surface area contributed by atoms with Gasteiger partial charge < -0.3 is 15.4 Å². The molecule has 2 unspecified atom stereocenters. The standard InChI is InChI=1S/C21H26N2O2S.ClH/c1-25-19-6-2-15(3-7-19)16-11-20(26-13-16)12-22-21(24)10-14-8-17-4-5-18(9-14)23-17;/h2-3,6-7,11,13-14,17-18,23H,4-5,8-10,12H2,1H3,(H,22,24);1H. The number of amides is 1. The van der Waals surface area contributed by atoms with Gasteiger partial charge in [-0.3, -0.25) is 4.79 Å². The first kappa shape index (κ1) is 20.2. The van der Waals surface area contributed by atoms with Gasteiger partial charge in [0, 0.05) is 23.4 Å². The van der Waals surface area contributed by atoms with E-state index >= 15 is 0 Å². The SMILES string of the molecule is COc1ccc(-c2csc(CNC(=O)CC3CC4CCC(C3)N4)c2)cc1.Cl. The molecule has 27 heavy (non-hydrogen) atoms. The second kappa shape index (κ2) is 9.09. The molecule has 3 heterocycles.